The molecule has 0 amide bonds. The summed E-state index contributed by atoms with van der Waals surface area (Å²) in [5, 5.41) is 0. The molecule has 2 aliphatic carbocycles. The molecule has 2 nitrogen and oxygen atoms in total. The Morgan fingerprint density at radius 3 is 2.43 bits per heavy atom. The molecule has 4 unspecified atom stereocenters. The van der Waals surface area contributed by atoms with E-state index in [1.54, 1.807) is 0 Å². The van der Waals surface area contributed by atoms with Crippen LogP contribution >= 0.6 is 0 Å². The molecule has 1 saturated heterocycles. The van der Waals surface area contributed by atoms with Gasteiger partial charge in [0.2, 0.25) is 0 Å². The lowest BCUT2D eigenvalue weighted by atomic mass is 9.75. The molecule has 3 fully saturated rings. The molecular weight excluding hydrogens is 258 g/mol. The Morgan fingerprint density at radius 2 is 1.62 bits per heavy atom. The first-order valence-corrected chi connectivity index (χ1v) is 9.59. The molecule has 2 saturated carbocycles. The summed E-state index contributed by atoms with van der Waals surface area (Å²) in [5.74, 6) is 1.85. The number of piperidine rings is 1. The highest BCUT2D eigenvalue weighted by molar-refractivity contribution is 5.82. The molecule has 0 radical (unpaired) electrons. The van der Waals surface area contributed by atoms with Crippen molar-refractivity contribution in [3.8, 4) is 0 Å². The Hall–Kier alpha value is -0.370. The smallest absolute Gasteiger partial charge is 0.137 e. The first-order chi connectivity index (χ1) is 10.3. The number of hydrogen-bond acceptors (Lipinski definition) is 2. The summed E-state index contributed by atoms with van der Waals surface area (Å²) in [6.45, 7) is 3.63. The van der Waals surface area contributed by atoms with E-state index in [2.05, 4.69) is 11.8 Å². The number of carbonyl (C=O) groups is 1. The van der Waals surface area contributed by atoms with E-state index in [1.807, 2.05) is 0 Å². The maximum atomic E-state index is 12.4. The van der Waals surface area contributed by atoms with Gasteiger partial charge >= 0.3 is 0 Å². The van der Waals surface area contributed by atoms with Gasteiger partial charge < -0.3 is 0 Å². The SMILES string of the molecule is CCC1CCCCC1N1CCCCC1C1CCCCC1=O. The predicted octanol–water partition coefficient (Wildman–Crippen LogP) is 4.57. The topological polar surface area (TPSA) is 20.3 Å². The van der Waals surface area contributed by atoms with Crippen LogP contribution < -0.4 is 0 Å². The van der Waals surface area contributed by atoms with Crippen LogP contribution in [0.3, 0.4) is 0 Å². The highest BCUT2D eigenvalue weighted by Crippen LogP contribution is 2.38. The van der Waals surface area contributed by atoms with E-state index in [1.165, 1.54) is 70.8 Å². The van der Waals surface area contributed by atoms with Gasteiger partial charge in [0.05, 0.1) is 0 Å². The number of hydrogen-bond donors (Lipinski definition) is 0. The number of likely N-dealkylation sites (tertiary alicyclic amines) is 1. The van der Waals surface area contributed by atoms with Crippen molar-refractivity contribution in [2.24, 2.45) is 11.8 Å². The van der Waals surface area contributed by atoms with E-state index in [0.717, 1.165) is 24.8 Å². The summed E-state index contributed by atoms with van der Waals surface area (Å²) in [6.07, 6.45) is 15.4. The third-order valence-corrected chi connectivity index (χ3v) is 6.48. The second-order valence-corrected chi connectivity index (χ2v) is 7.64. The second-order valence-electron chi connectivity index (χ2n) is 7.64. The summed E-state index contributed by atoms with van der Waals surface area (Å²) in [7, 11) is 0. The van der Waals surface area contributed by atoms with Gasteiger partial charge in [0.15, 0.2) is 0 Å². The van der Waals surface area contributed by atoms with E-state index < -0.39 is 0 Å². The van der Waals surface area contributed by atoms with Crippen molar-refractivity contribution in [3.05, 3.63) is 0 Å². The molecule has 4 atom stereocenters. The van der Waals surface area contributed by atoms with Crippen LogP contribution in [-0.4, -0.2) is 29.3 Å². The number of ketones is 1. The Morgan fingerprint density at radius 1 is 0.905 bits per heavy atom. The van der Waals surface area contributed by atoms with Crippen LogP contribution in [0.2, 0.25) is 0 Å². The zero-order chi connectivity index (χ0) is 14.7. The maximum absolute atomic E-state index is 12.4. The van der Waals surface area contributed by atoms with E-state index in [9.17, 15) is 4.79 Å². The van der Waals surface area contributed by atoms with Crippen LogP contribution in [0, 0.1) is 11.8 Å². The zero-order valence-corrected chi connectivity index (χ0v) is 13.9. The molecule has 2 heteroatoms. The van der Waals surface area contributed by atoms with Crippen molar-refractivity contribution >= 4 is 5.78 Å². The number of rotatable bonds is 3. The summed E-state index contributed by atoms with van der Waals surface area (Å²) in [5.41, 5.74) is 0. The average Bonchev–Trinajstić information content (AvgIpc) is 2.55. The molecule has 3 rings (SSSR count). The molecule has 1 heterocycles. The van der Waals surface area contributed by atoms with E-state index >= 15 is 0 Å². The van der Waals surface area contributed by atoms with Gasteiger partial charge in [-0.2, -0.15) is 0 Å². The summed E-state index contributed by atoms with van der Waals surface area (Å²) >= 11 is 0. The Balaban J connectivity index is 1.75. The van der Waals surface area contributed by atoms with E-state index in [4.69, 9.17) is 0 Å². The third-order valence-electron chi connectivity index (χ3n) is 6.48. The van der Waals surface area contributed by atoms with Gasteiger partial charge in [0, 0.05) is 24.4 Å². The van der Waals surface area contributed by atoms with Crippen LogP contribution in [0.25, 0.3) is 0 Å². The maximum Gasteiger partial charge on any atom is 0.137 e. The van der Waals surface area contributed by atoms with Crippen LogP contribution in [0.15, 0.2) is 0 Å². The van der Waals surface area contributed by atoms with E-state index in [-0.39, 0.29) is 0 Å². The fourth-order valence-corrected chi connectivity index (χ4v) is 5.34. The van der Waals surface area contributed by atoms with Gasteiger partial charge in [-0.3, -0.25) is 9.69 Å². The van der Waals surface area contributed by atoms with Crippen LogP contribution in [-0.2, 0) is 4.79 Å². The van der Waals surface area contributed by atoms with Gasteiger partial charge in [-0.25, -0.2) is 0 Å². The Kier molecular flexibility index (Phi) is 5.37. The van der Waals surface area contributed by atoms with Crippen molar-refractivity contribution in [1.82, 2.24) is 4.90 Å². The minimum atomic E-state index is 0.374. The quantitative estimate of drug-likeness (QED) is 0.759. The molecule has 21 heavy (non-hydrogen) atoms. The largest absolute Gasteiger partial charge is 0.299 e. The zero-order valence-electron chi connectivity index (χ0n) is 13.9. The van der Waals surface area contributed by atoms with Crippen LogP contribution in [0.4, 0.5) is 0 Å². The van der Waals surface area contributed by atoms with Crippen LogP contribution in [0.1, 0.15) is 84.0 Å². The van der Waals surface area contributed by atoms with Crippen molar-refractivity contribution in [2.75, 3.05) is 6.54 Å². The predicted molar refractivity (Wildman–Crippen MR) is 87.3 cm³/mol. The van der Waals surface area contributed by atoms with Crippen molar-refractivity contribution in [2.45, 2.75) is 96.1 Å². The lowest BCUT2D eigenvalue weighted by Gasteiger charge is -2.49. The average molecular weight is 291 g/mol. The number of Topliss-reactive ketones (excluding diaryl/α,β-unsaturated/α-hetero) is 1. The van der Waals surface area contributed by atoms with Gasteiger partial charge in [0.1, 0.15) is 5.78 Å². The molecule has 0 aromatic rings. The molecule has 0 bridgehead atoms. The normalized spacial score (nSPS) is 39.4. The highest BCUT2D eigenvalue weighted by Gasteiger charge is 2.40. The number of nitrogens with zero attached hydrogens (tertiary/aromatic N) is 1. The summed E-state index contributed by atoms with van der Waals surface area (Å²) in [4.78, 5) is 15.3. The van der Waals surface area contributed by atoms with Gasteiger partial charge in [-0.05, 0) is 51.0 Å². The summed E-state index contributed by atoms with van der Waals surface area (Å²) < 4.78 is 0. The van der Waals surface area contributed by atoms with Crippen molar-refractivity contribution in [1.29, 1.82) is 0 Å². The monoisotopic (exact) mass is 291 g/mol. The standard InChI is InChI=1S/C19H33NO/c1-2-15-9-3-5-11-17(15)20-14-8-7-12-18(20)16-10-4-6-13-19(16)21/h15-18H,2-14H2,1H3. The lowest BCUT2D eigenvalue weighted by molar-refractivity contribution is -0.129. The third kappa shape index (κ3) is 3.36. The lowest BCUT2D eigenvalue weighted by Crippen LogP contribution is -2.54. The molecule has 3 aliphatic rings. The van der Waals surface area contributed by atoms with Crippen molar-refractivity contribution < 1.29 is 4.79 Å². The fraction of sp³-hybridized carbons (Fsp3) is 0.947. The minimum absolute atomic E-state index is 0.374. The Bertz CT molecular complexity index is 353. The molecule has 1 aliphatic heterocycles. The van der Waals surface area contributed by atoms with Crippen LogP contribution in [0.5, 0.6) is 0 Å². The fourth-order valence-electron chi connectivity index (χ4n) is 5.34. The number of carbonyl (C=O) groups excluding carboxylic acids is 1. The van der Waals surface area contributed by atoms with Gasteiger partial charge in [-0.15, -0.1) is 0 Å². The first kappa shape index (κ1) is 15.5. The highest BCUT2D eigenvalue weighted by atomic mass is 16.1. The summed E-state index contributed by atoms with van der Waals surface area (Å²) in [6, 6.07) is 1.37. The van der Waals surface area contributed by atoms with E-state index in [0.29, 0.717) is 17.7 Å². The first-order valence-electron chi connectivity index (χ1n) is 9.59. The molecule has 0 aromatic carbocycles. The second kappa shape index (κ2) is 7.26. The Labute approximate surface area is 130 Å². The minimum Gasteiger partial charge on any atom is -0.299 e. The molecular formula is C19H33NO. The van der Waals surface area contributed by atoms with Gasteiger partial charge in [0.25, 0.3) is 0 Å². The van der Waals surface area contributed by atoms with Crippen molar-refractivity contribution in [3.63, 3.8) is 0 Å². The molecule has 0 spiro atoms. The molecule has 0 aromatic heterocycles. The van der Waals surface area contributed by atoms with Gasteiger partial charge in [-0.1, -0.05) is 39.0 Å². The molecule has 0 N–H and O–H groups in total. The molecule has 120 valence electrons.